The van der Waals surface area contributed by atoms with Crippen molar-refractivity contribution in [3.8, 4) is 0 Å². The van der Waals surface area contributed by atoms with E-state index in [2.05, 4.69) is 31.9 Å². The minimum atomic E-state index is -0.408. The zero-order valence-corrected chi connectivity index (χ0v) is 9.58. The largest absolute Gasteiger partial charge is 0.276 e. The molecule has 0 unspecified atom stereocenters. The number of nitro groups is 1. The minimum absolute atomic E-state index is 0.0962. The lowest BCUT2D eigenvalue weighted by Crippen LogP contribution is -1.90. The van der Waals surface area contributed by atoms with Crippen LogP contribution in [0.2, 0.25) is 0 Å². The molecule has 0 bridgehead atoms. The Bertz CT molecular complexity index is 359. The molecule has 0 saturated carbocycles. The fourth-order valence-electron chi connectivity index (χ4n) is 0.893. The normalized spacial score (nSPS) is 9.38. The highest BCUT2D eigenvalue weighted by Crippen LogP contribution is 2.24. The van der Waals surface area contributed by atoms with Gasteiger partial charge < -0.3 is 0 Å². The number of hydrogen-bond donors (Lipinski definition) is 0. The maximum Gasteiger partial charge on any atom is 0.276 e. The molecule has 0 atom stereocenters. The van der Waals surface area contributed by atoms with Gasteiger partial charge in [-0.3, -0.25) is 10.1 Å². The van der Waals surface area contributed by atoms with Crippen molar-refractivity contribution in [2.45, 2.75) is 0 Å². The number of hydrogen-bond acceptors (Lipinski definition) is 2. The zero-order chi connectivity index (χ0) is 9.84. The summed E-state index contributed by atoms with van der Waals surface area (Å²) in [5, 5.41) is 10.5. The second-order valence-electron chi connectivity index (χ2n) is 2.25. The number of nitrogens with zero attached hydrogens (tertiary/aromatic N) is 1. The highest BCUT2D eigenvalue weighted by Gasteiger charge is 2.09. The van der Waals surface area contributed by atoms with Gasteiger partial charge in [-0.15, -0.1) is 0 Å². The Morgan fingerprint density at radius 2 is 2.00 bits per heavy atom. The average molecular weight is 307 g/mol. The van der Waals surface area contributed by atoms with E-state index in [0.29, 0.717) is 8.96 Å². The first kappa shape index (κ1) is 10.4. The summed E-state index contributed by atoms with van der Waals surface area (Å²) in [6.45, 7) is 0. The molecule has 1 aromatic rings. The van der Waals surface area contributed by atoms with Gasteiger partial charge in [0.2, 0.25) is 0 Å². The van der Waals surface area contributed by atoms with E-state index < -0.39 is 4.92 Å². The van der Waals surface area contributed by atoms with Crippen LogP contribution >= 0.6 is 31.9 Å². The molecule has 68 valence electrons. The standard InChI is InChI=1S/C8H5Br2NO2/c9-8(10)5-6-3-1-2-4-7(6)11(12)13/h1-5H. The molecule has 0 aliphatic rings. The van der Waals surface area contributed by atoms with Crippen LogP contribution in [0.15, 0.2) is 27.7 Å². The van der Waals surface area contributed by atoms with Crippen LogP contribution in [0.1, 0.15) is 5.56 Å². The van der Waals surface area contributed by atoms with Gasteiger partial charge in [0.25, 0.3) is 5.69 Å². The molecule has 3 nitrogen and oxygen atoms in total. The van der Waals surface area contributed by atoms with E-state index in [0.717, 1.165) is 0 Å². The maximum atomic E-state index is 10.5. The van der Waals surface area contributed by atoms with Gasteiger partial charge in [-0.05, 0) is 44.0 Å². The summed E-state index contributed by atoms with van der Waals surface area (Å²) in [6, 6.07) is 6.54. The van der Waals surface area contributed by atoms with E-state index in [4.69, 9.17) is 0 Å². The smallest absolute Gasteiger partial charge is 0.258 e. The predicted octanol–water partition coefficient (Wildman–Crippen LogP) is 3.68. The molecule has 0 fully saturated rings. The molecule has 0 radical (unpaired) electrons. The molecule has 1 rings (SSSR count). The Labute approximate surface area is 91.9 Å². The van der Waals surface area contributed by atoms with Gasteiger partial charge in [0, 0.05) is 6.07 Å². The third-order valence-corrected chi connectivity index (χ3v) is 1.86. The molecule has 0 amide bonds. The summed E-state index contributed by atoms with van der Waals surface area (Å²) in [7, 11) is 0. The molecule has 0 aromatic heterocycles. The lowest BCUT2D eigenvalue weighted by atomic mass is 10.2. The molecule has 0 saturated heterocycles. The van der Waals surface area contributed by atoms with Crippen molar-refractivity contribution in [2.75, 3.05) is 0 Å². The Morgan fingerprint density at radius 1 is 1.38 bits per heavy atom. The van der Waals surface area contributed by atoms with E-state index in [1.807, 2.05) is 0 Å². The summed E-state index contributed by atoms with van der Waals surface area (Å²) in [5.74, 6) is 0. The SMILES string of the molecule is O=[N+]([O-])c1ccccc1C=C(Br)Br. The van der Waals surface area contributed by atoms with Gasteiger partial charge in [-0.1, -0.05) is 12.1 Å². The fourth-order valence-corrected chi connectivity index (χ4v) is 1.39. The second kappa shape index (κ2) is 4.53. The van der Waals surface area contributed by atoms with Crippen molar-refractivity contribution in [1.29, 1.82) is 0 Å². The summed E-state index contributed by atoms with van der Waals surface area (Å²) in [5.41, 5.74) is 0.662. The summed E-state index contributed by atoms with van der Waals surface area (Å²) in [6.07, 6.45) is 1.64. The van der Waals surface area contributed by atoms with Gasteiger partial charge >= 0.3 is 0 Å². The van der Waals surface area contributed by atoms with Crippen LogP contribution in [0.4, 0.5) is 5.69 Å². The Balaban J connectivity index is 3.20. The van der Waals surface area contributed by atoms with Crippen LogP contribution in [0.3, 0.4) is 0 Å². The topological polar surface area (TPSA) is 43.1 Å². The predicted molar refractivity (Wildman–Crippen MR) is 58.9 cm³/mol. The van der Waals surface area contributed by atoms with Crippen LogP contribution in [-0.4, -0.2) is 4.92 Å². The number of halogens is 2. The fraction of sp³-hybridized carbons (Fsp3) is 0. The van der Waals surface area contributed by atoms with Crippen LogP contribution < -0.4 is 0 Å². The Morgan fingerprint density at radius 3 is 2.54 bits per heavy atom. The molecule has 0 aliphatic heterocycles. The summed E-state index contributed by atoms with van der Waals surface area (Å²) in [4.78, 5) is 10.1. The van der Waals surface area contributed by atoms with Crippen molar-refractivity contribution >= 4 is 43.6 Å². The Kier molecular flexibility index (Phi) is 3.62. The molecule has 13 heavy (non-hydrogen) atoms. The highest BCUT2D eigenvalue weighted by atomic mass is 79.9. The van der Waals surface area contributed by atoms with Crippen molar-refractivity contribution in [3.05, 3.63) is 43.3 Å². The average Bonchev–Trinajstić information content (AvgIpc) is 2.03. The van der Waals surface area contributed by atoms with Crippen molar-refractivity contribution in [3.63, 3.8) is 0 Å². The molecule has 0 spiro atoms. The molecule has 5 heteroatoms. The first-order valence-corrected chi connectivity index (χ1v) is 4.96. The quantitative estimate of drug-likeness (QED) is 0.618. The van der Waals surface area contributed by atoms with Crippen LogP contribution in [0, 0.1) is 10.1 Å². The summed E-state index contributed by atoms with van der Waals surface area (Å²) >= 11 is 6.30. The van der Waals surface area contributed by atoms with Crippen LogP contribution in [0.25, 0.3) is 6.08 Å². The first-order valence-electron chi connectivity index (χ1n) is 3.37. The molecule has 1 aromatic carbocycles. The van der Waals surface area contributed by atoms with Crippen molar-refractivity contribution < 1.29 is 4.92 Å². The first-order chi connectivity index (χ1) is 6.11. The van der Waals surface area contributed by atoms with Crippen LogP contribution in [-0.2, 0) is 0 Å². The minimum Gasteiger partial charge on any atom is -0.258 e. The van der Waals surface area contributed by atoms with E-state index in [-0.39, 0.29) is 5.69 Å². The van der Waals surface area contributed by atoms with Gasteiger partial charge in [-0.2, -0.15) is 0 Å². The van der Waals surface area contributed by atoms with E-state index in [1.165, 1.54) is 6.07 Å². The monoisotopic (exact) mass is 305 g/mol. The lowest BCUT2D eigenvalue weighted by molar-refractivity contribution is -0.385. The second-order valence-corrected chi connectivity index (χ2v) is 5.02. The van der Waals surface area contributed by atoms with Crippen molar-refractivity contribution in [2.24, 2.45) is 0 Å². The third kappa shape index (κ3) is 2.93. The van der Waals surface area contributed by atoms with E-state index >= 15 is 0 Å². The zero-order valence-electron chi connectivity index (χ0n) is 6.41. The molecule has 0 N–H and O–H groups in total. The van der Waals surface area contributed by atoms with Gasteiger partial charge in [0.05, 0.1) is 13.9 Å². The molecule has 0 aliphatic carbocycles. The molecule has 0 heterocycles. The van der Waals surface area contributed by atoms with Crippen LogP contribution in [0.5, 0.6) is 0 Å². The van der Waals surface area contributed by atoms with Crippen molar-refractivity contribution in [1.82, 2.24) is 0 Å². The number of nitro benzene ring substituents is 1. The van der Waals surface area contributed by atoms with Gasteiger partial charge in [-0.25, -0.2) is 0 Å². The van der Waals surface area contributed by atoms with Gasteiger partial charge in [0.1, 0.15) is 0 Å². The van der Waals surface area contributed by atoms with E-state index in [1.54, 1.807) is 24.3 Å². The van der Waals surface area contributed by atoms with Gasteiger partial charge in [0.15, 0.2) is 0 Å². The number of para-hydroxylation sites is 1. The third-order valence-electron chi connectivity index (χ3n) is 1.40. The highest BCUT2D eigenvalue weighted by molar-refractivity contribution is 9.28. The number of rotatable bonds is 2. The number of benzene rings is 1. The Hall–Kier alpha value is -0.680. The lowest BCUT2D eigenvalue weighted by Gasteiger charge is -1.95. The molecular weight excluding hydrogens is 302 g/mol. The summed E-state index contributed by atoms with van der Waals surface area (Å²) < 4.78 is 0.675. The molecular formula is C8H5Br2NO2. The van der Waals surface area contributed by atoms with E-state index in [9.17, 15) is 10.1 Å². The maximum absolute atomic E-state index is 10.5.